The quantitative estimate of drug-likeness (QED) is 0.803. The smallest absolute Gasteiger partial charge is 0.231 e. The predicted octanol–water partition coefficient (Wildman–Crippen LogP) is 2.18. The van der Waals surface area contributed by atoms with Crippen LogP contribution in [-0.2, 0) is 0 Å². The van der Waals surface area contributed by atoms with Gasteiger partial charge in [0.25, 0.3) is 0 Å². The van der Waals surface area contributed by atoms with E-state index in [0.29, 0.717) is 18.3 Å². The van der Waals surface area contributed by atoms with Crippen molar-refractivity contribution in [2.45, 2.75) is 26.0 Å². The van der Waals surface area contributed by atoms with Gasteiger partial charge in [-0.2, -0.15) is 11.8 Å². The lowest BCUT2D eigenvalue weighted by Crippen LogP contribution is -2.32. The molecule has 0 aromatic heterocycles. The van der Waals surface area contributed by atoms with E-state index in [1.165, 1.54) is 0 Å². The SMILES string of the molecule is CCSCC(C)NCC(O)c1ccc2c(c1)OCO2. The molecule has 0 saturated carbocycles. The van der Waals surface area contributed by atoms with Crippen LogP contribution in [0.4, 0.5) is 0 Å². The molecule has 1 aliphatic heterocycles. The van der Waals surface area contributed by atoms with Gasteiger partial charge in [0.1, 0.15) is 0 Å². The molecule has 2 atom stereocenters. The van der Waals surface area contributed by atoms with Crippen LogP contribution in [0.2, 0.25) is 0 Å². The molecule has 1 aromatic carbocycles. The third kappa shape index (κ3) is 4.03. The first-order valence-corrected chi connectivity index (χ1v) is 7.75. The molecule has 0 amide bonds. The Morgan fingerprint density at radius 1 is 1.37 bits per heavy atom. The minimum atomic E-state index is -0.524. The maximum Gasteiger partial charge on any atom is 0.231 e. The number of benzene rings is 1. The Hall–Kier alpha value is -0.910. The van der Waals surface area contributed by atoms with Crippen LogP contribution in [0.1, 0.15) is 25.5 Å². The zero-order valence-electron chi connectivity index (χ0n) is 11.4. The summed E-state index contributed by atoms with van der Waals surface area (Å²) in [5.74, 6) is 3.64. The maximum atomic E-state index is 10.2. The number of hydrogen-bond acceptors (Lipinski definition) is 5. The number of aliphatic hydroxyl groups excluding tert-OH is 1. The summed E-state index contributed by atoms with van der Waals surface area (Å²) in [5.41, 5.74) is 0.854. The topological polar surface area (TPSA) is 50.7 Å². The van der Waals surface area contributed by atoms with E-state index in [9.17, 15) is 5.11 Å². The Morgan fingerprint density at radius 2 is 2.16 bits per heavy atom. The zero-order valence-corrected chi connectivity index (χ0v) is 12.2. The first kappa shape index (κ1) is 14.5. The molecule has 5 heteroatoms. The largest absolute Gasteiger partial charge is 0.454 e. The second kappa shape index (κ2) is 7.03. The van der Waals surface area contributed by atoms with Gasteiger partial charge in [0.15, 0.2) is 11.5 Å². The number of aliphatic hydroxyl groups is 1. The lowest BCUT2D eigenvalue weighted by Gasteiger charge is -2.17. The normalized spacial score (nSPS) is 16.4. The highest BCUT2D eigenvalue weighted by Gasteiger charge is 2.16. The monoisotopic (exact) mass is 283 g/mol. The van der Waals surface area contributed by atoms with Crippen LogP contribution in [-0.4, -0.2) is 36.0 Å². The van der Waals surface area contributed by atoms with Gasteiger partial charge in [0.2, 0.25) is 6.79 Å². The van der Waals surface area contributed by atoms with Gasteiger partial charge in [-0.05, 0) is 30.4 Å². The Bertz CT molecular complexity index is 414. The highest BCUT2D eigenvalue weighted by Crippen LogP contribution is 2.34. The van der Waals surface area contributed by atoms with Crippen LogP contribution < -0.4 is 14.8 Å². The molecule has 0 saturated heterocycles. The molecule has 2 unspecified atom stereocenters. The highest BCUT2D eigenvalue weighted by atomic mass is 32.2. The summed E-state index contributed by atoms with van der Waals surface area (Å²) >= 11 is 1.90. The summed E-state index contributed by atoms with van der Waals surface area (Å²) in [6.07, 6.45) is -0.524. The van der Waals surface area contributed by atoms with Crippen LogP contribution >= 0.6 is 11.8 Å². The van der Waals surface area contributed by atoms with Gasteiger partial charge >= 0.3 is 0 Å². The molecule has 1 heterocycles. The molecular formula is C14H21NO3S. The summed E-state index contributed by atoms with van der Waals surface area (Å²) in [6.45, 7) is 5.09. The number of ether oxygens (including phenoxy) is 2. The van der Waals surface area contributed by atoms with Gasteiger partial charge in [-0.25, -0.2) is 0 Å². The molecule has 4 nitrogen and oxygen atoms in total. The van der Waals surface area contributed by atoms with Crippen molar-refractivity contribution >= 4 is 11.8 Å². The van der Waals surface area contributed by atoms with Crippen molar-refractivity contribution in [3.63, 3.8) is 0 Å². The van der Waals surface area contributed by atoms with Gasteiger partial charge in [0, 0.05) is 18.3 Å². The van der Waals surface area contributed by atoms with Crippen molar-refractivity contribution in [2.24, 2.45) is 0 Å². The van der Waals surface area contributed by atoms with Gasteiger partial charge in [-0.15, -0.1) is 0 Å². The third-order valence-corrected chi connectivity index (χ3v) is 4.16. The van der Waals surface area contributed by atoms with E-state index in [4.69, 9.17) is 9.47 Å². The van der Waals surface area contributed by atoms with Crippen LogP contribution in [0.5, 0.6) is 11.5 Å². The number of rotatable bonds is 7. The fraction of sp³-hybridized carbons (Fsp3) is 0.571. The minimum absolute atomic E-state index is 0.262. The van der Waals surface area contributed by atoms with Gasteiger partial charge in [0.05, 0.1) is 6.10 Å². The summed E-state index contributed by atoms with van der Waals surface area (Å²) < 4.78 is 10.6. The molecule has 0 aliphatic carbocycles. The molecule has 0 fully saturated rings. The van der Waals surface area contributed by atoms with Gasteiger partial charge in [-0.1, -0.05) is 13.0 Å². The van der Waals surface area contributed by atoms with Crippen LogP contribution in [0.25, 0.3) is 0 Å². The lowest BCUT2D eigenvalue weighted by molar-refractivity contribution is 0.168. The van der Waals surface area contributed by atoms with Crippen LogP contribution in [0.3, 0.4) is 0 Å². The van der Waals surface area contributed by atoms with E-state index >= 15 is 0 Å². The molecule has 2 rings (SSSR count). The van der Waals surface area contributed by atoms with Crippen LogP contribution in [0.15, 0.2) is 18.2 Å². The first-order valence-electron chi connectivity index (χ1n) is 6.59. The van der Waals surface area contributed by atoms with E-state index in [1.54, 1.807) is 0 Å². The fourth-order valence-electron chi connectivity index (χ4n) is 1.90. The Kier molecular flexibility index (Phi) is 5.36. The fourth-order valence-corrected chi connectivity index (χ4v) is 2.61. The summed E-state index contributed by atoms with van der Waals surface area (Å²) in [7, 11) is 0. The summed E-state index contributed by atoms with van der Waals surface area (Å²) in [4.78, 5) is 0. The van der Waals surface area contributed by atoms with Crippen molar-refractivity contribution < 1.29 is 14.6 Å². The molecular weight excluding hydrogens is 262 g/mol. The predicted molar refractivity (Wildman–Crippen MR) is 78.0 cm³/mol. The van der Waals surface area contributed by atoms with Crippen molar-refractivity contribution in [3.05, 3.63) is 23.8 Å². The highest BCUT2D eigenvalue weighted by molar-refractivity contribution is 7.99. The maximum absolute atomic E-state index is 10.2. The first-order chi connectivity index (χ1) is 9.20. The Labute approximate surface area is 118 Å². The van der Waals surface area contributed by atoms with E-state index in [2.05, 4.69) is 19.2 Å². The average Bonchev–Trinajstić information content (AvgIpc) is 2.89. The molecule has 2 N–H and O–H groups in total. The van der Waals surface area contributed by atoms with E-state index in [0.717, 1.165) is 22.8 Å². The second-order valence-electron chi connectivity index (χ2n) is 4.60. The number of thioether (sulfide) groups is 1. The van der Waals surface area contributed by atoms with Crippen molar-refractivity contribution in [1.82, 2.24) is 5.32 Å². The lowest BCUT2D eigenvalue weighted by atomic mass is 10.1. The molecule has 19 heavy (non-hydrogen) atoms. The molecule has 0 bridgehead atoms. The van der Waals surface area contributed by atoms with Gasteiger partial charge in [-0.3, -0.25) is 0 Å². The number of nitrogens with one attached hydrogen (secondary N) is 1. The van der Waals surface area contributed by atoms with Gasteiger partial charge < -0.3 is 19.9 Å². The Morgan fingerprint density at radius 3 is 2.95 bits per heavy atom. The minimum Gasteiger partial charge on any atom is -0.454 e. The third-order valence-electron chi connectivity index (χ3n) is 3.01. The zero-order chi connectivity index (χ0) is 13.7. The molecule has 1 aromatic rings. The summed E-state index contributed by atoms with van der Waals surface area (Å²) in [6, 6.07) is 5.97. The van der Waals surface area contributed by atoms with Crippen molar-refractivity contribution in [2.75, 3.05) is 24.8 Å². The second-order valence-corrected chi connectivity index (χ2v) is 5.92. The summed E-state index contributed by atoms with van der Waals surface area (Å²) in [5, 5.41) is 13.5. The Balaban J connectivity index is 1.84. The van der Waals surface area contributed by atoms with Crippen molar-refractivity contribution in [1.29, 1.82) is 0 Å². The molecule has 0 radical (unpaired) electrons. The molecule has 1 aliphatic rings. The number of fused-ring (bicyclic) bond motifs is 1. The molecule has 0 spiro atoms. The van der Waals surface area contributed by atoms with Crippen LogP contribution in [0, 0.1) is 0 Å². The van der Waals surface area contributed by atoms with E-state index in [-0.39, 0.29) is 6.79 Å². The average molecular weight is 283 g/mol. The number of hydrogen-bond donors (Lipinski definition) is 2. The van der Waals surface area contributed by atoms with Crippen molar-refractivity contribution in [3.8, 4) is 11.5 Å². The molecule has 106 valence electrons. The van der Waals surface area contributed by atoms with E-state index < -0.39 is 6.10 Å². The standard InChI is InChI=1S/C14H21NO3S/c1-3-19-8-10(2)15-7-12(16)11-4-5-13-14(6-11)18-9-17-13/h4-6,10,12,15-16H,3,7-9H2,1-2H3. The van der Waals surface area contributed by atoms with E-state index in [1.807, 2.05) is 30.0 Å².